The number of carbonyl (C=O) groups is 1. The Kier molecular flexibility index (Phi) is 6.03. The minimum absolute atomic E-state index is 0.286. The summed E-state index contributed by atoms with van der Waals surface area (Å²) in [6.45, 7) is 0.436. The highest BCUT2D eigenvalue weighted by molar-refractivity contribution is 6.18. The Morgan fingerprint density at radius 1 is 0.962 bits per heavy atom. The summed E-state index contributed by atoms with van der Waals surface area (Å²) in [5, 5.41) is 0. The van der Waals surface area contributed by atoms with Crippen LogP contribution in [0, 0.1) is 5.82 Å². The predicted octanol–water partition coefficient (Wildman–Crippen LogP) is 5.44. The average molecular weight is 369 g/mol. The molecule has 0 aliphatic carbocycles. The molecule has 26 heavy (non-hydrogen) atoms. The Labute approximate surface area is 157 Å². The number of alkyl halides is 1. The number of benzene rings is 3. The van der Waals surface area contributed by atoms with Crippen LogP contribution < -0.4 is 4.74 Å². The first-order valence-electron chi connectivity index (χ1n) is 8.32. The van der Waals surface area contributed by atoms with Crippen LogP contribution in [-0.2, 0) is 4.79 Å². The second-order valence-corrected chi connectivity index (χ2v) is 6.19. The first-order valence-corrected chi connectivity index (χ1v) is 8.85. The fourth-order valence-electron chi connectivity index (χ4n) is 2.92. The van der Waals surface area contributed by atoms with E-state index in [9.17, 15) is 9.18 Å². The van der Waals surface area contributed by atoms with E-state index in [0.29, 0.717) is 18.2 Å². The van der Waals surface area contributed by atoms with Gasteiger partial charge in [-0.3, -0.25) is 0 Å². The Hall–Kier alpha value is -2.65. The van der Waals surface area contributed by atoms with Crippen molar-refractivity contribution < 1.29 is 13.9 Å². The molecular weight excluding hydrogens is 351 g/mol. The second-order valence-electron chi connectivity index (χ2n) is 5.81. The maximum atomic E-state index is 13.2. The molecular formula is C22H18ClFO2. The molecule has 0 saturated heterocycles. The van der Waals surface area contributed by atoms with Crippen LogP contribution in [0.15, 0.2) is 72.8 Å². The van der Waals surface area contributed by atoms with Crippen molar-refractivity contribution in [3.05, 3.63) is 89.7 Å². The topological polar surface area (TPSA) is 26.3 Å². The number of halogens is 2. The molecule has 3 aromatic carbocycles. The van der Waals surface area contributed by atoms with E-state index in [4.69, 9.17) is 16.3 Å². The Morgan fingerprint density at radius 2 is 1.65 bits per heavy atom. The predicted molar refractivity (Wildman–Crippen MR) is 102 cm³/mol. The molecule has 0 aromatic heterocycles. The lowest BCUT2D eigenvalue weighted by Crippen LogP contribution is -2.05. The summed E-state index contributed by atoms with van der Waals surface area (Å²) in [4.78, 5) is 11.9. The molecule has 0 fully saturated rings. The van der Waals surface area contributed by atoms with E-state index in [0.717, 1.165) is 28.5 Å². The Balaban J connectivity index is 1.96. The molecule has 3 rings (SSSR count). The summed E-state index contributed by atoms with van der Waals surface area (Å²) in [6, 6.07) is 21.4. The van der Waals surface area contributed by atoms with Crippen LogP contribution in [0.3, 0.4) is 0 Å². The van der Waals surface area contributed by atoms with Gasteiger partial charge in [-0.1, -0.05) is 48.5 Å². The molecule has 0 N–H and O–H groups in total. The summed E-state index contributed by atoms with van der Waals surface area (Å²) in [5.74, 6) is 0.430. The second kappa shape index (κ2) is 8.63. The summed E-state index contributed by atoms with van der Waals surface area (Å²) in [7, 11) is 0. The summed E-state index contributed by atoms with van der Waals surface area (Å²) in [6.07, 6.45) is 0.928. The Bertz CT molecular complexity index is 860. The van der Waals surface area contributed by atoms with E-state index in [2.05, 4.69) is 0 Å². The van der Waals surface area contributed by atoms with Gasteiger partial charge in [-0.25, -0.2) is 4.39 Å². The van der Waals surface area contributed by atoms with Gasteiger partial charge in [-0.05, 0) is 46.5 Å². The number of rotatable bonds is 7. The van der Waals surface area contributed by atoms with Gasteiger partial charge >= 0.3 is 0 Å². The van der Waals surface area contributed by atoms with E-state index in [1.807, 2.05) is 48.5 Å². The van der Waals surface area contributed by atoms with Crippen molar-refractivity contribution in [2.24, 2.45) is 0 Å². The normalized spacial score (nSPS) is 11.8. The van der Waals surface area contributed by atoms with Crippen LogP contribution in [0.2, 0.25) is 0 Å². The van der Waals surface area contributed by atoms with Gasteiger partial charge in [0.2, 0.25) is 0 Å². The monoisotopic (exact) mass is 368 g/mol. The molecule has 3 aromatic rings. The number of ether oxygens (including phenoxy) is 1. The van der Waals surface area contributed by atoms with E-state index in [-0.39, 0.29) is 5.82 Å². The van der Waals surface area contributed by atoms with Crippen LogP contribution in [-0.4, -0.2) is 18.8 Å². The molecule has 132 valence electrons. The highest BCUT2D eigenvalue weighted by Crippen LogP contribution is 2.33. The largest absolute Gasteiger partial charge is 0.492 e. The van der Waals surface area contributed by atoms with Crippen LogP contribution in [0.1, 0.15) is 17.0 Å². The highest BCUT2D eigenvalue weighted by Gasteiger charge is 2.17. The van der Waals surface area contributed by atoms with E-state index in [1.54, 1.807) is 12.1 Å². The number of carbonyl (C=O) groups excluding carboxylic acids is 1. The van der Waals surface area contributed by atoms with Crippen molar-refractivity contribution in [3.63, 3.8) is 0 Å². The molecule has 4 heteroatoms. The van der Waals surface area contributed by atoms with Gasteiger partial charge in [0.15, 0.2) is 0 Å². The zero-order valence-electron chi connectivity index (χ0n) is 14.1. The number of hydrogen-bond acceptors (Lipinski definition) is 2. The van der Waals surface area contributed by atoms with Gasteiger partial charge in [-0.15, -0.1) is 11.6 Å². The van der Waals surface area contributed by atoms with Crippen molar-refractivity contribution in [1.29, 1.82) is 0 Å². The molecule has 0 bridgehead atoms. The quantitative estimate of drug-likeness (QED) is 0.410. The molecule has 1 atom stereocenters. The molecule has 0 saturated carbocycles. The maximum Gasteiger partial charge on any atom is 0.131 e. The minimum Gasteiger partial charge on any atom is -0.492 e. The molecule has 0 radical (unpaired) electrons. The van der Waals surface area contributed by atoms with Gasteiger partial charge in [0.1, 0.15) is 24.5 Å². The molecule has 0 amide bonds. The number of hydrogen-bond donors (Lipinski definition) is 0. The van der Waals surface area contributed by atoms with Crippen molar-refractivity contribution in [2.75, 3.05) is 12.5 Å². The van der Waals surface area contributed by atoms with E-state index in [1.165, 1.54) is 12.1 Å². The molecule has 0 heterocycles. The molecule has 0 aliphatic rings. The molecule has 0 spiro atoms. The summed E-state index contributed by atoms with van der Waals surface area (Å²) >= 11 is 5.63. The van der Waals surface area contributed by atoms with Crippen molar-refractivity contribution in [3.8, 4) is 16.9 Å². The smallest absolute Gasteiger partial charge is 0.131 e. The Morgan fingerprint density at radius 3 is 2.31 bits per heavy atom. The van der Waals surface area contributed by atoms with Crippen LogP contribution in [0.25, 0.3) is 11.1 Å². The minimum atomic E-state index is -0.418. The zero-order valence-corrected chi connectivity index (χ0v) is 14.8. The molecule has 2 nitrogen and oxygen atoms in total. The van der Waals surface area contributed by atoms with Crippen LogP contribution >= 0.6 is 11.6 Å². The fourth-order valence-corrected chi connectivity index (χ4v) is 3.00. The first kappa shape index (κ1) is 18.2. The third kappa shape index (κ3) is 4.12. The maximum absolute atomic E-state index is 13.2. The lowest BCUT2D eigenvalue weighted by atomic mass is 9.87. The lowest BCUT2D eigenvalue weighted by Gasteiger charge is -2.17. The molecule has 0 aliphatic heterocycles. The van der Waals surface area contributed by atoms with Crippen LogP contribution in [0.4, 0.5) is 4.39 Å². The van der Waals surface area contributed by atoms with Crippen molar-refractivity contribution >= 4 is 17.9 Å². The number of aldehydes is 1. The zero-order chi connectivity index (χ0) is 18.4. The average Bonchev–Trinajstić information content (AvgIpc) is 2.69. The molecule has 0 unspecified atom stereocenters. The van der Waals surface area contributed by atoms with Gasteiger partial charge in [0.25, 0.3) is 0 Å². The van der Waals surface area contributed by atoms with Gasteiger partial charge in [0, 0.05) is 0 Å². The standard InChI is InChI=1S/C22H18ClFO2/c23-13-14-26-19-11-7-17(8-12-19)22(15-25)21-4-2-1-3-20(21)16-5-9-18(24)10-6-16/h1-12,15,22H,13-14H2/t22-/m0/s1. The third-order valence-corrected chi connectivity index (χ3v) is 4.33. The summed E-state index contributed by atoms with van der Waals surface area (Å²) in [5.41, 5.74) is 3.53. The van der Waals surface area contributed by atoms with Gasteiger partial charge < -0.3 is 9.53 Å². The van der Waals surface area contributed by atoms with Gasteiger partial charge in [0.05, 0.1) is 11.8 Å². The van der Waals surface area contributed by atoms with Crippen molar-refractivity contribution in [1.82, 2.24) is 0 Å². The lowest BCUT2D eigenvalue weighted by molar-refractivity contribution is -0.108. The highest BCUT2D eigenvalue weighted by atomic mass is 35.5. The SMILES string of the molecule is O=C[C@@H](c1ccc(OCCCl)cc1)c1ccccc1-c1ccc(F)cc1. The van der Waals surface area contributed by atoms with E-state index >= 15 is 0 Å². The van der Waals surface area contributed by atoms with Crippen molar-refractivity contribution in [2.45, 2.75) is 5.92 Å². The summed E-state index contributed by atoms with van der Waals surface area (Å²) < 4.78 is 18.7. The third-order valence-electron chi connectivity index (χ3n) is 4.17. The van der Waals surface area contributed by atoms with Crippen LogP contribution in [0.5, 0.6) is 5.75 Å². The van der Waals surface area contributed by atoms with E-state index < -0.39 is 5.92 Å². The fraction of sp³-hybridized carbons (Fsp3) is 0.136. The first-order chi connectivity index (χ1) is 12.7. The van der Waals surface area contributed by atoms with Gasteiger partial charge in [-0.2, -0.15) is 0 Å².